The molecule has 0 saturated carbocycles. The number of anilines is 1. The number of likely N-dealkylation sites (tertiary alicyclic amines) is 1. The topological polar surface area (TPSA) is 50.8 Å². The smallest absolute Gasteiger partial charge is 0.321 e. The number of carbonyl (C=O) groups is 1. The van der Waals surface area contributed by atoms with E-state index in [9.17, 15) is 4.79 Å². The SMILES string of the molecule is COc1ccc(NC(=O)N2CCC3(CC2)OCCc2ccsc23)cc1Cl. The quantitative estimate of drug-likeness (QED) is 0.818. The minimum absolute atomic E-state index is 0.108. The zero-order valence-corrected chi connectivity index (χ0v) is 16.2. The van der Waals surface area contributed by atoms with Gasteiger partial charge in [0.2, 0.25) is 0 Å². The molecule has 1 spiro atoms. The molecule has 1 aromatic heterocycles. The summed E-state index contributed by atoms with van der Waals surface area (Å²) >= 11 is 7.91. The highest BCUT2D eigenvalue weighted by atomic mass is 35.5. The maximum Gasteiger partial charge on any atom is 0.321 e. The van der Waals surface area contributed by atoms with Gasteiger partial charge in [-0.25, -0.2) is 4.79 Å². The monoisotopic (exact) mass is 392 g/mol. The Morgan fingerprint density at radius 1 is 1.35 bits per heavy atom. The number of fused-ring (bicyclic) bond motifs is 2. The van der Waals surface area contributed by atoms with Gasteiger partial charge in [-0.2, -0.15) is 0 Å². The van der Waals surface area contributed by atoms with Crippen molar-refractivity contribution in [3.05, 3.63) is 45.1 Å². The van der Waals surface area contributed by atoms with Crippen LogP contribution in [0.2, 0.25) is 5.02 Å². The standard InChI is InChI=1S/C19H21ClN2O3S/c1-24-16-3-2-14(12-15(16)20)21-18(23)22-8-6-19(7-9-22)17-13(4-10-25-19)5-11-26-17/h2-3,5,11-12H,4,6-10H2,1H3,(H,21,23). The van der Waals surface area contributed by atoms with Crippen LogP contribution in [0, 0.1) is 0 Å². The molecule has 4 rings (SSSR count). The largest absolute Gasteiger partial charge is 0.495 e. The van der Waals surface area contributed by atoms with Crippen LogP contribution in [0.3, 0.4) is 0 Å². The van der Waals surface area contributed by atoms with Gasteiger partial charge in [0.05, 0.1) is 18.7 Å². The van der Waals surface area contributed by atoms with Crippen molar-refractivity contribution in [1.82, 2.24) is 4.90 Å². The molecule has 1 aromatic carbocycles. The molecular weight excluding hydrogens is 372 g/mol. The van der Waals surface area contributed by atoms with E-state index in [2.05, 4.69) is 16.8 Å². The van der Waals surface area contributed by atoms with Crippen LogP contribution in [0.5, 0.6) is 5.75 Å². The van der Waals surface area contributed by atoms with Crippen molar-refractivity contribution < 1.29 is 14.3 Å². The highest BCUT2D eigenvalue weighted by molar-refractivity contribution is 7.10. The third-order valence-corrected chi connectivity index (χ3v) is 6.61. The fourth-order valence-electron chi connectivity index (χ4n) is 3.74. The first-order valence-corrected chi connectivity index (χ1v) is 9.97. The molecule has 0 atom stereocenters. The van der Waals surface area contributed by atoms with Crippen molar-refractivity contribution in [2.45, 2.75) is 24.9 Å². The van der Waals surface area contributed by atoms with Gasteiger partial charge in [-0.1, -0.05) is 11.6 Å². The summed E-state index contributed by atoms with van der Waals surface area (Å²) in [5.74, 6) is 0.589. The number of amides is 2. The molecule has 0 aliphatic carbocycles. The third-order valence-electron chi connectivity index (χ3n) is 5.17. The first-order valence-electron chi connectivity index (χ1n) is 8.71. The lowest BCUT2D eigenvalue weighted by Gasteiger charge is -2.43. The predicted molar refractivity (Wildman–Crippen MR) is 103 cm³/mol. The number of urea groups is 1. The Bertz CT molecular complexity index is 815. The number of nitrogens with zero attached hydrogens (tertiary/aromatic N) is 1. The molecule has 2 aromatic rings. The number of rotatable bonds is 2. The average Bonchev–Trinajstić information content (AvgIpc) is 3.13. The number of methoxy groups -OCH3 is 1. The summed E-state index contributed by atoms with van der Waals surface area (Å²) in [5.41, 5.74) is 1.87. The van der Waals surface area contributed by atoms with Gasteiger partial charge in [-0.3, -0.25) is 0 Å². The molecule has 2 amide bonds. The molecule has 3 heterocycles. The van der Waals surface area contributed by atoms with Gasteiger partial charge in [0.25, 0.3) is 0 Å². The average molecular weight is 393 g/mol. The summed E-state index contributed by atoms with van der Waals surface area (Å²) in [5, 5.41) is 5.54. The van der Waals surface area contributed by atoms with E-state index >= 15 is 0 Å². The van der Waals surface area contributed by atoms with Crippen LogP contribution in [0.15, 0.2) is 29.6 Å². The molecule has 138 valence electrons. The van der Waals surface area contributed by atoms with Crippen LogP contribution < -0.4 is 10.1 Å². The molecule has 1 saturated heterocycles. The van der Waals surface area contributed by atoms with Crippen LogP contribution in [-0.4, -0.2) is 37.7 Å². The van der Waals surface area contributed by atoms with Crippen LogP contribution in [0.25, 0.3) is 0 Å². The number of nitrogens with one attached hydrogen (secondary N) is 1. The molecule has 0 bridgehead atoms. The summed E-state index contributed by atoms with van der Waals surface area (Å²) in [4.78, 5) is 15.8. The molecular formula is C19H21ClN2O3S. The Labute approximate surface area is 161 Å². The van der Waals surface area contributed by atoms with E-state index in [4.69, 9.17) is 21.1 Å². The molecule has 7 heteroatoms. The van der Waals surface area contributed by atoms with E-state index in [1.165, 1.54) is 10.4 Å². The second kappa shape index (κ2) is 7.10. The Kier molecular flexibility index (Phi) is 4.82. The van der Waals surface area contributed by atoms with Crippen molar-refractivity contribution in [1.29, 1.82) is 0 Å². The van der Waals surface area contributed by atoms with E-state index in [0.29, 0.717) is 29.5 Å². The zero-order chi connectivity index (χ0) is 18.1. The van der Waals surface area contributed by atoms with Gasteiger partial charge in [0.15, 0.2) is 0 Å². The van der Waals surface area contributed by atoms with E-state index < -0.39 is 0 Å². The lowest BCUT2D eigenvalue weighted by Crippen LogP contribution is -2.49. The Morgan fingerprint density at radius 3 is 2.88 bits per heavy atom. The van der Waals surface area contributed by atoms with Gasteiger partial charge in [0, 0.05) is 23.7 Å². The van der Waals surface area contributed by atoms with Crippen LogP contribution in [0.1, 0.15) is 23.3 Å². The number of thiophene rings is 1. The third kappa shape index (κ3) is 3.17. The van der Waals surface area contributed by atoms with E-state index in [0.717, 1.165) is 25.9 Å². The summed E-state index contributed by atoms with van der Waals surface area (Å²) in [6.07, 6.45) is 2.65. The minimum atomic E-state index is -0.206. The zero-order valence-electron chi connectivity index (χ0n) is 14.6. The summed E-state index contributed by atoms with van der Waals surface area (Å²) in [7, 11) is 1.56. The van der Waals surface area contributed by atoms with Crippen LogP contribution in [0.4, 0.5) is 10.5 Å². The minimum Gasteiger partial charge on any atom is -0.495 e. The van der Waals surface area contributed by atoms with Crippen LogP contribution in [-0.2, 0) is 16.8 Å². The van der Waals surface area contributed by atoms with Crippen molar-refractivity contribution in [2.75, 3.05) is 32.1 Å². The first-order chi connectivity index (χ1) is 12.6. The lowest BCUT2D eigenvalue weighted by molar-refractivity contribution is -0.0891. The Morgan fingerprint density at radius 2 is 2.15 bits per heavy atom. The number of halogens is 1. The van der Waals surface area contributed by atoms with E-state index in [1.807, 2.05) is 4.90 Å². The number of piperidine rings is 1. The predicted octanol–water partition coefficient (Wildman–Crippen LogP) is 4.51. The highest BCUT2D eigenvalue weighted by Crippen LogP contribution is 2.44. The lowest BCUT2D eigenvalue weighted by atomic mass is 9.85. The summed E-state index contributed by atoms with van der Waals surface area (Å²) in [6, 6.07) is 7.33. The number of hydrogen-bond donors (Lipinski definition) is 1. The van der Waals surface area contributed by atoms with Gasteiger partial charge < -0.3 is 19.7 Å². The van der Waals surface area contributed by atoms with Crippen molar-refractivity contribution >= 4 is 34.7 Å². The molecule has 1 fully saturated rings. The van der Waals surface area contributed by atoms with Crippen molar-refractivity contribution in [3.63, 3.8) is 0 Å². The fourth-order valence-corrected chi connectivity index (χ4v) is 5.17. The number of carbonyl (C=O) groups excluding carboxylic acids is 1. The number of benzene rings is 1. The molecule has 0 radical (unpaired) electrons. The molecule has 2 aliphatic heterocycles. The fraction of sp³-hybridized carbons (Fsp3) is 0.421. The van der Waals surface area contributed by atoms with E-state index in [1.54, 1.807) is 36.6 Å². The van der Waals surface area contributed by atoms with Gasteiger partial charge in [-0.05, 0) is 54.5 Å². The highest BCUT2D eigenvalue weighted by Gasteiger charge is 2.42. The van der Waals surface area contributed by atoms with Crippen LogP contribution >= 0.6 is 22.9 Å². The summed E-state index contributed by atoms with van der Waals surface area (Å²) < 4.78 is 11.3. The van der Waals surface area contributed by atoms with Gasteiger partial charge in [0.1, 0.15) is 11.4 Å². The molecule has 1 N–H and O–H groups in total. The maximum atomic E-state index is 12.6. The molecule has 5 nitrogen and oxygen atoms in total. The molecule has 2 aliphatic rings. The number of ether oxygens (including phenoxy) is 2. The van der Waals surface area contributed by atoms with E-state index in [-0.39, 0.29) is 11.6 Å². The normalized spacial score (nSPS) is 18.5. The van der Waals surface area contributed by atoms with Gasteiger partial charge in [-0.15, -0.1) is 11.3 Å². The summed E-state index contributed by atoms with van der Waals surface area (Å²) in [6.45, 7) is 2.11. The van der Waals surface area contributed by atoms with Crippen molar-refractivity contribution in [2.24, 2.45) is 0 Å². The second-order valence-electron chi connectivity index (χ2n) is 6.63. The maximum absolute atomic E-state index is 12.6. The van der Waals surface area contributed by atoms with Crippen molar-refractivity contribution in [3.8, 4) is 5.75 Å². The Balaban J connectivity index is 1.41. The van der Waals surface area contributed by atoms with Gasteiger partial charge >= 0.3 is 6.03 Å². The molecule has 0 unspecified atom stereocenters. The second-order valence-corrected chi connectivity index (χ2v) is 7.96. The Hall–Kier alpha value is -1.76. The first kappa shape index (κ1) is 17.6. The number of hydrogen-bond acceptors (Lipinski definition) is 4. The molecule has 26 heavy (non-hydrogen) atoms.